The number of esters is 1. The lowest BCUT2D eigenvalue weighted by Gasteiger charge is -2.11. The summed E-state index contributed by atoms with van der Waals surface area (Å²) in [5.41, 5.74) is 2.93. The van der Waals surface area contributed by atoms with Crippen molar-refractivity contribution < 1.29 is 14.3 Å². The highest BCUT2D eigenvalue weighted by Gasteiger charge is 2.09. The molecule has 0 bridgehead atoms. The average molecular weight is 311 g/mol. The zero-order chi connectivity index (χ0) is 16.5. The van der Waals surface area contributed by atoms with Gasteiger partial charge in [-0.05, 0) is 30.0 Å². The van der Waals surface area contributed by atoms with Gasteiger partial charge in [0.25, 0.3) is 5.91 Å². The van der Waals surface area contributed by atoms with Crippen molar-refractivity contribution >= 4 is 17.6 Å². The predicted octanol–water partition coefficient (Wildman–Crippen LogP) is 3.56. The molecule has 1 N–H and O–H groups in total. The van der Waals surface area contributed by atoms with Crippen LogP contribution in [-0.4, -0.2) is 18.5 Å². The third-order valence-corrected chi connectivity index (χ3v) is 3.35. The highest BCUT2D eigenvalue weighted by molar-refractivity contribution is 5.93. The third-order valence-electron chi connectivity index (χ3n) is 3.35. The smallest absolute Gasteiger partial charge is 0.306 e. The summed E-state index contributed by atoms with van der Waals surface area (Å²) in [5.74, 6) is -0.671. The quantitative estimate of drug-likeness (QED) is 0.795. The molecule has 1 amide bonds. The molecule has 4 heteroatoms. The normalized spacial score (nSPS) is 10.1. The maximum absolute atomic E-state index is 11.9. The number of anilines is 1. The van der Waals surface area contributed by atoms with Gasteiger partial charge in [0.05, 0.1) is 0 Å². The van der Waals surface area contributed by atoms with Crippen molar-refractivity contribution in [3.05, 3.63) is 65.7 Å². The second-order valence-corrected chi connectivity index (χ2v) is 5.28. The first-order valence-electron chi connectivity index (χ1n) is 7.76. The molecular weight excluding hydrogens is 290 g/mol. The highest BCUT2D eigenvalue weighted by atomic mass is 16.5. The summed E-state index contributed by atoms with van der Waals surface area (Å²) in [6.07, 6.45) is 1.77. The predicted molar refractivity (Wildman–Crippen MR) is 90.2 cm³/mol. The van der Waals surface area contributed by atoms with Crippen LogP contribution in [0, 0.1) is 0 Å². The minimum absolute atomic E-state index is 0.251. The van der Waals surface area contributed by atoms with Gasteiger partial charge < -0.3 is 10.1 Å². The van der Waals surface area contributed by atoms with Crippen LogP contribution in [0.3, 0.4) is 0 Å². The largest absolute Gasteiger partial charge is 0.456 e. The third kappa shape index (κ3) is 5.58. The van der Waals surface area contributed by atoms with Crippen LogP contribution in [0.5, 0.6) is 0 Å². The molecule has 0 radical (unpaired) electrons. The molecule has 0 fully saturated rings. The minimum Gasteiger partial charge on any atom is -0.456 e. The van der Waals surface area contributed by atoms with Gasteiger partial charge >= 0.3 is 5.97 Å². The number of ether oxygens (including phenoxy) is 1. The van der Waals surface area contributed by atoms with E-state index in [-0.39, 0.29) is 18.5 Å². The monoisotopic (exact) mass is 311 g/mol. The first kappa shape index (κ1) is 16.7. The van der Waals surface area contributed by atoms with E-state index < -0.39 is 0 Å². The number of para-hydroxylation sites is 1. The Balaban J connectivity index is 1.97. The summed E-state index contributed by atoms with van der Waals surface area (Å²) in [6.45, 7) is 1.64. The molecule has 0 unspecified atom stereocenters. The fourth-order valence-electron chi connectivity index (χ4n) is 2.22. The molecule has 0 heterocycles. The van der Waals surface area contributed by atoms with E-state index in [4.69, 9.17) is 4.74 Å². The van der Waals surface area contributed by atoms with Crippen molar-refractivity contribution in [2.24, 2.45) is 0 Å². The highest BCUT2D eigenvalue weighted by Crippen LogP contribution is 2.19. The Morgan fingerprint density at radius 3 is 2.43 bits per heavy atom. The van der Waals surface area contributed by atoms with Crippen molar-refractivity contribution in [2.75, 3.05) is 11.9 Å². The number of rotatable bonds is 7. The van der Waals surface area contributed by atoms with Crippen LogP contribution in [0.25, 0.3) is 0 Å². The van der Waals surface area contributed by atoms with Gasteiger partial charge in [-0.15, -0.1) is 0 Å². The molecular formula is C19H21NO3. The van der Waals surface area contributed by atoms with Gasteiger partial charge in [0.1, 0.15) is 0 Å². The number of hydrogen-bond acceptors (Lipinski definition) is 3. The number of carbonyl (C=O) groups is 2. The van der Waals surface area contributed by atoms with Gasteiger partial charge in [-0.25, -0.2) is 0 Å². The topological polar surface area (TPSA) is 55.4 Å². The van der Waals surface area contributed by atoms with E-state index in [1.165, 1.54) is 5.56 Å². The number of nitrogens with one attached hydrogen (secondary N) is 1. The van der Waals surface area contributed by atoms with Crippen molar-refractivity contribution in [3.63, 3.8) is 0 Å². The lowest BCUT2D eigenvalue weighted by Crippen LogP contribution is -2.21. The summed E-state index contributed by atoms with van der Waals surface area (Å²) in [5, 5.41) is 2.81. The molecule has 0 aliphatic carbocycles. The van der Waals surface area contributed by atoms with Crippen molar-refractivity contribution in [1.82, 2.24) is 0 Å². The van der Waals surface area contributed by atoms with E-state index in [1.54, 1.807) is 0 Å². The van der Waals surface area contributed by atoms with E-state index in [0.717, 1.165) is 17.7 Å². The molecule has 4 nitrogen and oxygen atoms in total. The Hall–Kier alpha value is -2.62. The van der Waals surface area contributed by atoms with E-state index >= 15 is 0 Å². The molecule has 0 aliphatic rings. The summed E-state index contributed by atoms with van der Waals surface area (Å²) in [6, 6.07) is 17.7. The Bertz CT molecular complexity index is 653. The Labute approximate surface area is 136 Å². The van der Waals surface area contributed by atoms with Crippen molar-refractivity contribution in [1.29, 1.82) is 0 Å². The number of hydrogen-bond donors (Lipinski definition) is 1. The summed E-state index contributed by atoms with van der Waals surface area (Å²) >= 11 is 0. The first-order valence-corrected chi connectivity index (χ1v) is 7.76. The molecule has 0 saturated carbocycles. The second kappa shape index (κ2) is 8.73. The molecule has 2 aromatic rings. The molecule has 2 aromatic carbocycles. The SMILES string of the molecule is CCCC(=O)OCC(=O)Nc1ccccc1Cc1ccccc1. The van der Waals surface area contributed by atoms with Crippen LogP contribution in [0.15, 0.2) is 54.6 Å². The molecule has 0 aliphatic heterocycles. The summed E-state index contributed by atoms with van der Waals surface area (Å²) in [4.78, 5) is 23.2. The maximum atomic E-state index is 11.9. The zero-order valence-electron chi connectivity index (χ0n) is 13.2. The van der Waals surface area contributed by atoms with Gasteiger partial charge in [-0.2, -0.15) is 0 Å². The number of benzene rings is 2. The lowest BCUT2D eigenvalue weighted by atomic mass is 10.0. The average Bonchev–Trinajstić information content (AvgIpc) is 2.56. The Kier molecular flexibility index (Phi) is 6.36. The zero-order valence-corrected chi connectivity index (χ0v) is 13.2. The Morgan fingerprint density at radius 2 is 1.70 bits per heavy atom. The van der Waals surface area contributed by atoms with Crippen LogP contribution < -0.4 is 5.32 Å². The van der Waals surface area contributed by atoms with Crippen molar-refractivity contribution in [2.45, 2.75) is 26.2 Å². The number of carbonyl (C=O) groups excluding carboxylic acids is 2. The minimum atomic E-state index is -0.347. The van der Waals surface area contributed by atoms with Crippen LogP contribution in [0.4, 0.5) is 5.69 Å². The Morgan fingerprint density at radius 1 is 1.00 bits per heavy atom. The van der Waals surface area contributed by atoms with Gasteiger partial charge in [0, 0.05) is 12.1 Å². The lowest BCUT2D eigenvalue weighted by molar-refractivity contribution is -0.147. The van der Waals surface area contributed by atoms with Crippen LogP contribution in [0.1, 0.15) is 30.9 Å². The van der Waals surface area contributed by atoms with E-state index in [2.05, 4.69) is 5.32 Å². The molecule has 0 saturated heterocycles. The fourth-order valence-corrected chi connectivity index (χ4v) is 2.22. The second-order valence-electron chi connectivity index (χ2n) is 5.28. The van der Waals surface area contributed by atoms with E-state index in [9.17, 15) is 9.59 Å². The fraction of sp³-hybridized carbons (Fsp3) is 0.263. The first-order chi connectivity index (χ1) is 11.2. The van der Waals surface area contributed by atoms with Gasteiger partial charge in [0.2, 0.25) is 0 Å². The molecule has 0 spiro atoms. The molecule has 120 valence electrons. The van der Waals surface area contributed by atoms with Crippen LogP contribution in [-0.2, 0) is 20.7 Å². The molecule has 0 atom stereocenters. The van der Waals surface area contributed by atoms with E-state index in [0.29, 0.717) is 12.8 Å². The van der Waals surface area contributed by atoms with Crippen molar-refractivity contribution in [3.8, 4) is 0 Å². The molecule has 0 aromatic heterocycles. The van der Waals surface area contributed by atoms with Gasteiger partial charge in [-0.1, -0.05) is 55.5 Å². The maximum Gasteiger partial charge on any atom is 0.306 e. The van der Waals surface area contributed by atoms with Gasteiger partial charge in [-0.3, -0.25) is 9.59 Å². The summed E-state index contributed by atoms with van der Waals surface area (Å²) in [7, 11) is 0. The summed E-state index contributed by atoms with van der Waals surface area (Å²) < 4.78 is 4.92. The van der Waals surface area contributed by atoms with E-state index in [1.807, 2.05) is 61.5 Å². The van der Waals surface area contributed by atoms with Crippen LogP contribution in [0.2, 0.25) is 0 Å². The molecule has 2 rings (SSSR count). The standard InChI is InChI=1S/C19H21NO3/c1-2-8-19(22)23-14-18(21)20-17-12-7-6-11-16(17)13-15-9-4-3-5-10-15/h3-7,9-12H,2,8,13-14H2,1H3,(H,20,21). The molecule has 23 heavy (non-hydrogen) atoms. The van der Waals surface area contributed by atoms with Crippen LogP contribution >= 0.6 is 0 Å². The number of amides is 1. The van der Waals surface area contributed by atoms with Gasteiger partial charge in [0.15, 0.2) is 6.61 Å².